The summed E-state index contributed by atoms with van der Waals surface area (Å²) in [6, 6.07) is 11.5. The number of amides is 4. The maximum atomic E-state index is 15.5. The first-order valence-electron chi connectivity index (χ1n) is 14.8. The minimum Gasteiger partial charge on any atom is -0.453 e. The minimum absolute atomic E-state index is 0.0549. The Morgan fingerprint density at radius 3 is 2.80 bits per heavy atom. The molecule has 1 fully saturated rings. The molecular formula is C33H31ClFN5O6. The van der Waals surface area contributed by atoms with Crippen LogP contribution in [0.1, 0.15) is 49.3 Å². The Morgan fingerprint density at radius 1 is 1.13 bits per heavy atom. The van der Waals surface area contributed by atoms with Crippen LogP contribution in [-0.2, 0) is 24.7 Å². The van der Waals surface area contributed by atoms with Crippen molar-refractivity contribution in [2.75, 3.05) is 36.1 Å². The van der Waals surface area contributed by atoms with Crippen molar-refractivity contribution >= 4 is 52.7 Å². The summed E-state index contributed by atoms with van der Waals surface area (Å²) in [5.74, 6) is -1.89. The van der Waals surface area contributed by atoms with Crippen molar-refractivity contribution in [3.63, 3.8) is 0 Å². The van der Waals surface area contributed by atoms with Crippen LogP contribution in [0, 0.1) is 5.82 Å². The maximum Gasteiger partial charge on any atom is 0.412 e. The number of ether oxygens (including phenoxy) is 2. The number of piperidine rings is 1. The molecule has 3 aliphatic heterocycles. The van der Waals surface area contributed by atoms with Gasteiger partial charge in [-0.3, -0.25) is 25.2 Å². The van der Waals surface area contributed by atoms with Gasteiger partial charge in [-0.25, -0.2) is 14.0 Å². The smallest absolute Gasteiger partial charge is 0.412 e. The highest BCUT2D eigenvalue weighted by Gasteiger charge is 2.49. The standard InChI is InChI=1S/C33H31ClFN5O6/c1-45-31(43)37-20-8-9-21-19-12-14-36-25(16-19)22(6-3-2-4-7-27(41)38-26(21)17-20)30(42)40-15-5-13-33(18-40)28-24(39-32(44)46-33)11-10-23(34)29(28)35/h2-3,8-12,14,16-17,22H,4-7,13,15,18H2,1H3,(H,37,43)(H,38,41)(H,39,44)/b3-2-/t22?,33-/m0/s1. The maximum absolute atomic E-state index is 15.5. The summed E-state index contributed by atoms with van der Waals surface area (Å²) >= 11 is 6.13. The molecule has 1 spiro atoms. The lowest BCUT2D eigenvalue weighted by Gasteiger charge is -2.45. The normalized spacial score (nSPS) is 21.5. The van der Waals surface area contributed by atoms with Gasteiger partial charge in [0, 0.05) is 30.4 Å². The van der Waals surface area contributed by atoms with Crippen LogP contribution in [0.5, 0.6) is 0 Å². The summed E-state index contributed by atoms with van der Waals surface area (Å²) in [6.07, 6.45) is 5.62. The predicted octanol–water partition coefficient (Wildman–Crippen LogP) is 6.56. The first-order chi connectivity index (χ1) is 22.2. The van der Waals surface area contributed by atoms with E-state index in [9.17, 15) is 19.2 Å². The lowest BCUT2D eigenvalue weighted by molar-refractivity contribution is -0.141. The van der Waals surface area contributed by atoms with Gasteiger partial charge in [0.2, 0.25) is 11.8 Å². The number of carbonyl (C=O) groups is 4. The van der Waals surface area contributed by atoms with E-state index >= 15 is 4.39 Å². The molecule has 0 aliphatic carbocycles. The molecule has 46 heavy (non-hydrogen) atoms. The van der Waals surface area contributed by atoms with Crippen LogP contribution in [0.25, 0.3) is 11.1 Å². The number of aromatic nitrogens is 1. The third-order valence-corrected chi connectivity index (χ3v) is 8.68. The number of halogens is 2. The number of likely N-dealkylation sites (tertiary alicyclic amines) is 1. The Morgan fingerprint density at radius 2 is 1.98 bits per heavy atom. The molecule has 3 aliphatic rings. The van der Waals surface area contributed by atoms with Gasteiger partial charge in [0.25, 0.3) is 0 Å². The number of fused-ring (bicyclic) bond motifs is 6. The number of methoxy groups -OCH3 is 1. The molecule has 1 unspecified atom stereocenters. The van der Waals surface area contributed by atoms with Gasteiger partial charge >= 0.3 is 12.2 Å². The van der Waals surface area contributed by atoms with Gasteiger partial charge in [-0.15, -0.1) is 0 Å². The fourth-order valence-electron chi connectivity index (χ4n) is 6.26. The van der Waals surface area contributed by atoms with Crippen LogP contribution >= 0.6 is 11.6 Å². The molecule has 3 aromatic rings. The van der Waals surface area contributed by atoms with Gasteiger partial charge in [-0.2, -0.15) is 0 Å². The SMILES string of the molecule is COC(=O)Nc1ccc2c(c1)NC(=O)CC/C=C\CC(C(=O)N1CCC[C@@]3(C1)OC(=O)Nc1ccc(Cl)c(F)c13)c1cc-2ccn1. The Bertz CT molecular complexity index is 1770. The van der Waals surface area contributed by atoms with E-state index in [0.29, 0.717) is 60.4 Å². The summed E-state index contributed by atoms with van der Waals surface area (Å²) in [6.45, 7) is 0.320. The van der Waals surface area contributed by atoms with Crippen molar-refractivity contribution in [2.24, 2.45) is 0 Å². The Labute approximate surface area is 269 Å². The molecule has 238 valence electrons. The van der Waals surface area contributed by atoms with E-state index < -0.39 is 29.5 Å². The third-order valence-electron chi connectivity index (χ3n) is 8.39. The molecule has 3 N–H and O–H groups in total. The number of hydrogen-bond acceptors (Lipinski definition) is 7. The Hall–Kier alpha value is -4.97. The van der Waals surface area contributed by atoms with E-state index in [0.717, 1.165) is 0 Å². The van der Waals surface area contributed by atoms with Gasteiger partial charge in [-0.1, -0.05) is 29.8 Å². The molecule has 2 bridgehead atoms. The van der Waals surface area contributed by atoms with Crippen LogP contribution in [-0.4, -0.2) is 54.1 Å². The number of carbonyl (C=O) groups excluding carboxylic acids is 4. The van der Waals surface area contributed by atoms with Gasteiger partial charge in [0.05, 0.1) is 47.2 Å². The molecule has 2 atom stereocenters. The summed E-state index contributed by atoms with van der Waals surface area (Å²) in [7, 11) is 1.26. The lowest BCUT2D eigenvalue weighted by Crippen LogP contribution is -2.54. The van der Waals surface area contributed by atoms with Crippen LogP contribution in [0.2, 0.25) is 5.02 Å². The molecule has 1 aromatic heterocycles. The van der Waals surface area contributed by atoms with Crippen LogP contribution in [0.4, 0.5) is 31.0 Å². The monoisotopic (exact) mass is 647 g/mol. The quantitative estimate of drug-likeness (QED) is 0.268. The van der Waals surface area contributed by atoms with E-state index in [1.165, 1.54) is 19.2 Å². The summed E-state index contributed by atoms with van der Waals surface area (Å²) in [4.78, 5) is 57.8. The molecule has 13 heteroatoms. The predicted molar refractivity (Wildman–Crippen MR) is 169 cm³/mol. The third kappa shape index (κ3) is 6.12. The van der Waals surface area contributed by atoms with E-state index in [-0.39, 0.29) is 41.1 Å². The zero-order chi connectivity index (χ0) is 32.4. The number of hydrogen-bond donors (Lipinski definition) is 3. The first-order valence-corrected chi connectivity index (χ1v) is 15.2. The van der Waals surface area contributed by atoms with Gasteiger partial charge < -0.3 is 19.7 Å². The van der Waals surface area contributed by atoms with Gasteiger partial charge in [0.1, 0.15) is 0 Å². The molecule has 1 saturated heterocycles. The fraction of sp³-hybridized carbons (Fsp3) is 0.303. The molecular weight excluding hydrogens is 617 g/mol. The second-order valence-electron chi connectivity index (χ2n) is 11.3. The van der Waals surface area contributed by atoms with Crippen molar-refractivity contribution in [2.45, 2.75) is 43.6 Å². The highest BCUT2D eigenvalue weighted by Crippen LogP contribution is 2.46. The summed E-state index contributed by atoms with van der Waals surface area (Å²) < 4.78 is 25.9. The summed E-state index contributed by atoms with van der Waals surface area (Å²) in [5, 5.41) is 7.97. The Balaban J connectivity index is 1.36. The van der Waals surface area contributed by atoms with Crippen molar-refractivity contribution in [1.82, 2.24) is 9.88 Å². The Kier molecular flexibility index (Phi) is 8.63. The zero-order valence-corrected chi connectivity index (χ0v) is 25.7. The fourth-order valence-corrected chi connectivity index (χ4v) is 6.42. The van der Waals surface area contributed by atoms with Crippen LogP contribution in [0.15, 0.2) is 60.8 Å². The van der Waals surface area contributed by atoms with Gasteiger partial charge in [-0.05, 0) is 67.6 Å². The number of nitrogens with one attached hydrogen (secondary N) is 3. The second kappa shape index (κ2) is 12.8. The van der Waals surface area contributed by atoms with Gasteiger partial charge in [0.15, 0.2) is 11.4 Å². The minimum atomic E-state index is -1.41. The second-order valence-corrected chi connectivity index (χ2v) is 11.8. The number of pyridine rings is 1. The average Bonchev–Trinajstić information content (AvgIpc) is 3.04. The van der Waals surface area contributed by atoms with Crippen molar-refractivity contribution in [1.29, 1.82) is 0 Å². The van der Waals surface area contributed by atoms with E-state index in [1.807, 2.05) is 12.2 Å². The highest BCUT2D eigenvalue weighted by molar-refractivity contribution is 6.31. The number of benzene rings is 2. The molecule has 6 rings (SSSR count). The van der Waals surface area contributed by atoms with Crippen molar-refractivity contribution in [3.05, 3.63) is 82.9 Å². The van der Waals surface area contributed by atoms with E-state index in [4.69, 9.17) is 21.1 Å². The highest BCUT2D eigenvalue weighted by atomic mass is 35.5. The van der Waals surface area contributed by atoms with E-state index in [2.05, 4.69) is 20.9 Å². The van der Waals surface area contributed by atoms with Crippen LogP contribution < -0.4 is 16.0 Å². The van der Waals surface area contributed by atoms with E-state index in [1.54, 1.807) is 41.4 Å². The number of anilines is 3. The first kappa shape index (κ1) is 31.0. The average molecular weight is 648 g/mol. The molecule has 0 radical (unpaired) electrons. The number of rotatable bonds is 2. The molecule has 4 heterocycles. The van der Waals surface area contributed by atoms with Crippen molar-refractivity contribution in [3.8, 4) is 11.1 Å². The summed E-state index contributed by atoms with van der Waals surface area (Å²) in [5.41, 5.74) is 1.72. The van der Waals surface area contributed by atoms with Crippen LogP contribution in [0.3, 0.4) is 0 Å². The number of nitrogens with zero attached hydrogens (tertiary/aromatic N) is 2. The molecule has 0 saturated carbocycles. The van der Waals surface area contributed by atoms with Crippen molar-refractivity contribution < 1.29 is 33.0 Å². The molecule has 4 amide bonds. The zero-order valence-electron chi connectivity index (χ0n) is 24.9. The largest absolute Gasteiger partial charge is 0.453 e. The molecule has 2 aromatic carbocycles. The number of allylic oxidation sites excluding steroid dienone is 2. The lowest BCUT2D eigenvalue weighted by atomic mass is 9.82. The topological polar surface area (TPSA) is 139 Å². The molecule has 11 nitrogen and oxygen atoms in total.